The molecule has 1 spiro atoms. The molecule has 1 unspecified atom stereocenters. The maximum atomic E-state index is 12.0. The minimum Gasteiger partial charge on any atom is -0.467 e. The lowest BCUT2D eigenvalue weighted by molar-refractivity contribution is -0.126. The van der Waals surface area contributed by atoms with E-state index in [-0.39, 0.29) is 11.3 Å². The van der Waals surface area contributed by atoms with E-state index in [1.165, 1.54) is 42.0 Å². The Labute approximate surface area is 183 Å². The fourth-order valence-electron chi connectivity index (χ4n) is 5.74. The van der Waals surface area contributed by atoms with Crippen molar-refractivity contribution in [2.75, 3.05) is 38.2 Å². The molecule has 0 bridgehead atoms. The average Bonchev–Trinajstić information content (AvgIpc) is 2.83. The van der Waals surface area contributed by atoms with Crippen molar-refractivity contribution < 1.29 is 9.53 Å². The molecule has 1 saturated heterocycles. The molecule has 0 radical (unpaired) electrons. The number of carbonyl (C=O) groups excluding carboxylic acids is 1. The second-order valence-electron chi connectivity index (χ2n) is 8.94. The second kappa shape index (κ2) is 7.98. The normalized spacial score (nSPS) is 22.6. The Balaban J connectivity index is 1.47. The van der Waals surface area contributed by atoms with E-state index in [1.807, 2.05) is 4.90 Å². The average molecular weight is 419 g/mol. The molecular formula is C25H30N4O2. The number of benzene rings is 1. The maximum absolute atomic E-state index is 12.0. The van der Waals surface area contributed by atoms with Crippen molar-refractivity contribution in [1.82, 2.24) is 14.9 Å². The Morgan fingerprint density at radius 1 is 1.13 bits per heavy atom. The first-order valence-electron chi connectivity index (χ1n) is 11.3. The summed E-state index contributed by atoms with van der Waals surface area (Å²) in [5.41, 5.74) is 5.59. The van der Waals surface area contributed by atoms with E-state index in [2.05, 4.69) is 35.7 Å². The Bertz CT molecular complexity index is 1010. The van der Waals surface area contributed by atoms with Gasteiger partial charge in [0.2, 0.25) is 5.91 Å². The highest BCUT2D eigenvalue weighted by molar-refractivity contribution is 5.87. The van der Waals surface area contributed by atoms with Crippen molar-refractivity contribution in [2.24, 2.45) is 0 Å². The van der Waals surface area contributed by atoms with Gasteiger partial charge in [-0.05, 0) is 55.7 Å². The molecule has 2 heterocycles. The number of carbonyl (C=O) groups is 1. The number of aromatic nitrogens is 2. The molecule has 2 aromatic rings. The van der Waals surface area contributed by atoms with Crippen molar-refractivity contribution in [3.63, 3.8) is 0 Å². The summed E-state index contributed by atoms with van der Waals surface area (Å²) >= 11 is 0. The number of anilines is 1. The summed E-state index contributed by atoms with van der Waals surface area (Å²) in [6.45, 7) is 6.50. The number of rotatable bonds is 3. The third kappa shape index (κ3) is 3.48. The second-order valence-corrected chi connectivity index (χ2v) is 8.94. The van der Waals surface area contributed by atoms with Crippen LogP contribution < -0.4 is 9.64 Å². The van der Waals surface area contributed by atoms with E-state index in [0.717, 1.165) is 43.9 Å². The molecule has 1 fully saturated rings. The van der Waals surface area contributed by atoms with Gasteiger partial charge in [0, 0.05) is 37.2 Å². The molecule has 5 rings (SSSR count). The number of amides is 1. The summed E-state index contributed by atoms with van der Waals surface area (Å²) in [6.07, 6.45) is 8.08. The summed E-state index contributed by atoms with van der Waals surface area (Å²) in [6, 6.07) is 9.40. The molecule has 0 saturated carbocycles. The number of hydrogen-bond donors (Lipinski definition) is 0. The molecule has 6 heteroatoms. The van der Waals surface area contributed by atoms with Gasteiger partial charge in [-0.3, -0.25) is 4.79 Å². The Morgan fingerprint density at radius 2 is 1.94 bits per heavy atom. The minimum absolute atomic E-state index is 0.000137. The zero-order valence-corrected chi connectivity index (χ0v) is 18.3. The molecule has 31 heavy (non-hydrogen) atoms. The van der Waals surface area contributed by atoms with Crippen LogP contribution in [0.3, 0.4) is 0 Å². The maximum Gasteiger partial charge on any atom is 0.318 e. The van der Waals surface area contributed by atoms with Gasteiger partial charge >= 0.3 is 6.01 Å². The van der Waals surface area contributed by atoms with Crippen LogP contribution in [0.1, 0.15) is 41.6 Å². The van der Waals surface area contributed by atoms with Gasteiger partial charge in [-0.25, -0.2) is 0 Å². The number of ether oxygens (including phenoxy) is 1. The highest BCUT2D eigenvalue weighted by Gasteiger charge is 2.41. The summed E-state index contributed by atoms with van der Waals surface area (Å²) in [7, 11) is 1.64. The van der Waals surface area contributed by atoms with E-state index in [4.69, 9.17) is 14.7 Å². The summed E-state index contributed by atoms with van der Waals surface area (Å²) in [4.78, 5) is 25.7. The van der Waals surface area contributed by atoms with E-state index in [0.29, 0.717) is 19.1 Å². The van der Waals surface area contributed by atoms with Crippen molar-refractivity contribution in [1.29, 1.82) is 0 Å². The van der Waals surface area contributed by atoms with Crippen LogP contribution in [0.4, 0.5) is 5.82 Å². The monoisotopic (exact) mass is 418 g/mol. The molecule has 1 amide bonds. The van der Waals surface area contributed by atoms with Crippen LogP contribution in [0.5, 0.6) is 6.01 Å². The Morgan fingerprint density at radius 3 is 2.71 bits per heavy atom. The number of piperazine rings is 1. The van der Waals surface area contributed by atoms with Crippen molar-refractivity contribution >= 4 is 11.7 Å². The lowest BCUT2D eigenvalue weighted by atomic mass is 9.62. The van der Waals surface area contributed by atoms with Crippen LogP contribution >= 0.6 is 0 Å². The van der Waals surface area contributed by atoms with Gasteiger partial charge in [0.05, 0.1) is 12.8 Å². The first-order chi connectivity index (χ1) is 15.1. The van der Waals surface area contributed by atoms with Crippen LogP contribution in [0, 0.1) is 0 Å². The van der Waals surface area contributed by atoms with Crippen molar-refractivity contribution in [3.8, 4) is 6.01 Å². The van der Waals surface area contributed by atoms with E-state index in [9.17, 15) is 4.79 Å². The molecule has 1 atom stereocenters. The largest absolute Gasteiger partial charge is 0.467 e. The molecule has 1 aromatic heterocycles. The van der Waals surface area contributed by atoms with E-state index in [1.54, 1.807) is 7.11 Å². The lowest BCUT2D eigenvalue weighted by Gasteiger charge is -2.43. The quantitative estimate of drug-likeness (QED) is 0.717. The summed E-state index contributed by atoms with van der Waals surface area (Å²) in [5.74, 6) is 0.992. The highest BCUT2D eigenvalue weighted by atomic mass is 16.5. The van der Waals surface area contributed by atoms with Crippen molar-refractivity contribution in [3.05, 3.63) is 59.3 Å². The summed E-state index contributed by atoms with van der Waals surface area (Å²) in [5, 5.41) is 0. The molecule has 162 valence electrons. The number of hydrogen-bond acceptors (Lipinski definition) is 5. The molecule has 6 nitrogen and oxygen atoms in total. The number of methoxy groups -OCH3 is 1. The topological polar surface area (TPSA) is 58.6 Å². The smallest absolute Gasteiger partial charge is 0.318 e. The zero-order valence-electron chi connectivity index (χ0n) is 18.3. The lowest BCUT2D eigenvalue weighted by Crippen LogP contribution is -2.49. The van der Waals surface area contributed by atoms with Gasteiger partial charge in [-0.15, -0.1) is 0 Å². The van der Waals surface area contributed by atoms with E-state index >= 15 is 0 Å². The number of fused-ring (bicyclic) bond motifs is 3. The van der Waals surface area contributed by atoms with E-state index < -0.39 is 0 Å². The van der Waals surface area contributed by atoms with Crippen molar-refractivity contribution in [2.45, 2.75) is 43.9 Å². The van der Waals surface area contributed by atoms with Gasteiger partial charge in [0.1, 0.15) is 5.82 Å². The predicted octanol–water partition coefficient (Wildman–Crippen LogP) is 3.08. The minimum atomic E-state index is -0.000137. The molecular weight excluding hydrogens is 388 g/mol. The zero-order chi connectivity index (χ0) is 21.4. The third-order valence-electron chi connectivity index (χ3n) is 7.35. The Kier molecular flexibility index (Phi) is 5.16. The highest BCUT2D eigenvalue weighted by Crippen LogP contribution is 2.47. The van der Waals surface area contributed by atoms with Gasteiger partial charge in [0.25, 0.3) is 0 Å². The molecule has 3 aliphatic rings. The fourth-order valence-corrected chi connectivity index (χ4v) is 5.74. The molecule has 1 aliphatic heterocycles. The van der Waals surface area contributed by atoms with Crippen LogP contribution in [-0.4, -0.2) is 54.1 Å². The number of aryl methyl sites for hydroxylation is 1. The van der Waals surface area contributed by atoms with Gasteiger partial charge in [-0.2, -0.15) is 9.97 Å². The van der Waals surface area contributed by atoms with Crippen LogP contribution in [0.25, 0.3) is 0 Å². The summed E-state index contributed by atoms with van der Waals surface area (Å²) < 4.78 is 5.51. The van der Waals surface area contributed by atoms with Crippen LogP contribution in [-0.2, 0) is 29.5 Å². The third-order valence-corrected chi connectivity index (χ3v) is 7.35. The van der Waals surface area contributed by atoms with Gasteiger partial charge < -0.3 is 14.5 Å². The van der Waals surface area contributed by atoms with Crippen LogP contribution in [0.2, 0.25) is 0 Å². The molecule has 2 aliphatic carbocycles. The van der Waals surface area contributed by atoms with Crippen LogP contribution in [0.15, 0.2) is 36.9 Å². The molecule has 1 aromatic carbocycles. The standard InChI is InChI=1S/C25H30N4O2/c1-3-22(30)28-13-15-29(16-14-28)23-19-10-12-25(17-21(19)26-24(27-23)31-2)11-6-8-18-7-4-5-9-20(18)25/h3-5,7,9H,1,6,8,10-17H2,2H3. The first-order valence-corrected chi connectivity index (χ1v) is 11.3. The van der Waals surface area contributed by atoms with Gasteiger partial charge in [-0.1, -0.05) is 30.8 Å². The van der Waals surface area contributed by atoms with Gasteiger partial charge in [0.15, 0.2) is 0 Å². The number of nitrogens with zero attached hydrogens (tertiary/aromatic N) is 4. The fraction of sp³-hybridized carbons (Fsp3) is 0.480. The molecule has 0 N–H and O–H groups in total. The first kappa shape index (κ1) is 20.0. The predicted molar refractivity (Wildman–Crippen MR) is 121 cm³/mol. The SMILES string of the molecule is C=CC(=O)N1CCN(c2nc(OC)nc3c2CCC2(CCCc4ccccc42)C3)CC1. The Hall–Kier alpha value is -2.89.